The first-order chi connectivity index (χ1) is 11.4. The van der Waals surface area contributed by atoms with Crippen molar-refractivity contribution in [1.29, 1.82) is 0 Å². The second kappa shape index (κ2) is 6.41. The van der Waals surface area contributed by atoms with Crippen molar-refractivity contribution in [3.8, 4) is 0 Å². The maximum Gasteiger partial charge on any atom is 0.247 e. The molecule has 0 saturated carbocycles. The number of furan rings is 1. The van der Waals surface area contributed by atoms with E-state index in [9.17, 15) is 13.2 Å². The van der Waals surface area contributed by atoms with Crippen LogP contribution in [-0.2, 0) is 14.8 Å². The highest BCUT2D eigenvalue weighted by molar-refractivity contribution is 7.89. The molecule has 1 fully saturated rings. The highest BCUT2D eigenvalue weighted by Gasteiger charge is 2.37. The SMILES string of the molecule is Cc1cc(S(=O)(=O)N2CCNC(=O)C[C@@H]2c2ccccc2)c(C)o1. The number of carbonyl (C=O) groups excluding carboxylic acids is 1. The highest BCUT2D eigenvalue weighted by Crippen LogP contribution is 2.33. The van der Waals surface area contributed by atoms with Gasteiger partial charge >= 0.3 is 0 Å². The number of nitrogens with zero attached hydrogens (tertiary/aromatic N) is 1. The molecule has 2 heterocycles. The van der Waals surface area contributed by atoms with E-state index in [0.717, 1.165) is 5.56 Å². The van der Waals surface area contributed by atoms with E-state index in [1.165, 1.54) is 10.4 Å². The number of hydrogen-bond acceptors (Lipinski definition) is 4. The topological polar surface area (TPSA) is 79.6 Å². The minimum atomic E-state index is -3.77. The monoisotopic (exact) mass is 348 g/mol. The smallest absolute Gasteiger partial charge is 0.247 e. The molecule has 128 valence electrons. The van der Waals surface area contributed by atoms with Gasteiger partial charge in [-0.15, -0.1) is 0 Å². The lowest BCUT2D eigenvalue weighted by Gasteiger charge is -2.28. The molecule has 0 unspecified atom stereocenters. The number of nitrogens with one attached hydrogen (secondary N) is 1. The summed E-state index contributed by atoms with van der Waals surface area (Å²) in [5, 5.41) is 2.75. The van der Waals surface area contributed by atoms with Crippen LogP contribution in [0.25, 0.3) is 0 Å². The Labute approximate surface area is 141 Å². The number of aryl methyl sites for hydroxylation is 2. The van der Waals surface area contributed by atoms with Gasteiger partial charge in [0.2, 0.25) is 15.9 Å². The summed E-state index contributed by atoms with van der Waals surface area (Å²) in [5.74, 6) is 0.760. The molecule has 0 radical (unpaired) electrons. The predicted molar refractivity (Wildman–Crippen MR) is 88.9 cm³/mol. The Morgan fingerprint density at radius 1 is 1.21 bits per heavy atom. The van der Waals surface area contributed by atoms with Crippen LogP contribution in [0.3, 0.4) is 0 Å². The zero-order valence-electron chi connectivity index (χ0n) is 13.7. The number of sulfonamides is 1. The molecular weight excluding hydrogens is 328 g/mol. The van der Waals surface area contributed by atoms with Gasteiger partial charge in [-0.2, -0.15) is 4.31 Å². The molecule has 1 aliphatic rings. The van der Waals surface area contributed by atoms with Crippen molar-refractivity contribution in [2.75, 3.05) is 13.1 Å². The van der Waals surface area contributed by atoms with E-state index in [2.05, 4.69) is 5.32 Å². The first-order valence-corrected chi connectivity index (χ1v) is 9.24. The van der Waals surface area contributed by atoms with E-state index in [0.29, 0.717) is 11.5 Å². The van der Waals surface area contributed by atoms with Gasteiger partial charge in [0.15, 0.2) is 0 Å². The molecule has 1 N–H and O–H groups in total. The molecule has 2 aromatic rings. The summed E-state index contributed by atoms with van der Waals surface area (Å²) in [7, 11) is -3.77. The molecule has 0 spiro atoms. The van der Waals surface area contributed by atoms with E-state index in [1.54, 1.807) is 13.8 Å². The average molecular weight is 348 g/mol. The Morgan fingerprint density at radius 3 is 2.54 bits per heavy atom. The second-order valence-corrected chi connectivity index (χ2v) is 7.73. The van der Waals surface area contributed by atoms with Gasteiger partial charge in [-0.05, 0) is 25.5 Å². The number of amides is 1. The molecule has 1 saturated heterocycles. The highest BCUT2D eigenvalue weighted by atomic mass is 32.2. The number of hydrogen-bond donors (Lipinski definition) is 1. The average Bonchev–Trinajstić information content (AvgIpc) is 2.77. The van der Waals surface area contributed by atoms with Gasteiger partial charge in [-0.3, -0.25) is 4.79 Å². The van der Waals surface area contributed by atoms with Crippen LogP contribution in [0, 0.1) is 13.8 Å². The van der Waals surface area contributed by atoms with Crippen LogP contribution >= 0.6 is 0 Å². The second-order valence-electron chi connectivity index (χ2n) is 5.87. The van der Waals surface area contributed by atoms with Crippen LogP contribution in [0.5, 0.6) is 0 Å². The van der Waals surface area contributed by atoms with Crippen LogP contribution in [0.15, 0.2) is 45.7 Å². The zero-order chi connectivity index (χ0) is 17.3. The number of rotatable bonds is 3. The largest absolute Gasteiger partial charge is 0.465 e. The lowest BCUT2D eigenvalue weighted by atomic mass is 10.0. The van der Waals surface area contributed by atoms with E-state index in [-0.39, 0.29) is 30.3 Å². The molecule has 1 aliphatic heterocycles. The maximum atomic E-state index is 13.2. The Morgan fingerprint density at radius 2 is 1.92 bits per heavy atom. The van der Waals surface area contributed by atoms with Crippen LogP contribution < -0.4 is 5.32 Å². The third kappa shape index (κ3) is 3.09. The Hall–Kier alpha value is -2.12. The first-order valence-electron chi connectivity index (χ1n) is 7.80. The number of carbonyl (C=O) groups is 1. The van der Waals surface area contributed by atoms with Gasteiger partial charge in [-0.1, -0.05) is 30.3 Å². The van der Waals surface area contributed by atoms with Crippen molar-refractivity contribution in [3.05, 3.63) is 53.5 Å². The third-order valence-corrected chi connectivity index (χ3v) is 6.16. The Balaban J connectivity index is 2.08. The summed E-state index contributed by atoms with van der Waals surface area (Å²) >= 11 is 0. The molecule has 24 heavy (non-hydrogen) atoms. The normalized spacial score (nSPS) is 19.8. The van der Waals surface area contributed by atoms with Gasteiger partial charge in [0.25, 0.3) is 0 Å². The summed E-state index contributed by atoms with van der Waals surface area (Å²) in [6.45, 7) is 3.86. The molecule has 1 aromatic heterocycles. The molecular formula is C17H20N2O4S. The van der Waals surface area contributed by atoms with Crippen molar-refractivity contribution < 1.29 is 17.6 Å². The molecule has 7 heteroatoms. The zero-order valence-corrected chi connectivity index (χ0v) is 14.5. The van der Waals surface area contributed by atoms with Crippen molar-refractivity contribution in [2.45, 2.75) is 31.2 Å². The van der Waals surface area contributed by atoms with Gasteiger partial charge in [-0.25, -0.2) is 8.42 Å². The molecule has 1 amide bonds. The summed E-state index contributed by atoms with van der Waals surface area (Å²) in [6, 6.07) is 10.2. The van der Waals surface area contributed by atoms with Crippen LogP contribution in [0.1, 0.15) is 29.5 Å². The Kier molecular flexibility index (Phi) is 4.47. The summed E-state index contributed by atoms with van der Waals surface area (Å²) in [5.41, 5.74) is 0.802. The molecule has 0 bridgehead atoms. The minimum Gasteiger partial charge on any atom is -0.465 e. The van der Waals surface area contributed by atoms with E-state index in [4.69, 9.17) is 4.42 Å². The van der Waals surface area contributed by atoms with E-state index < -0.39 is 16.1 Å². The summed E-state index contributed by atoms with van der Waals surface area (Å²) in [6.07, 6.45) is 0.0964. The van der Waals surface area contributed by atoms with Crippen molar-refractivity contribution in [3.63, 3.8) is 0 Å². The van der Waals surface area contributed by atoms with Crippen LogP contribution in [0.2, 0.25) is 0 Å². The summed E-state index contributed by atoms with van der Waals surface area (Å²) < 4.78 is 33.2. The number of benzene rings is 1. The van der Waals surface area contributed by atoms with Gasteiger partial charge < -0.3 is 9.73 Å². The quantitative estimate of drug-likeness (QED) is 0.922. The molecule has 1 atom stereocenters. The lowest BCUT2D eigenvalue weighted by molar-refractivity contribution is -0.121. The van der Waals surface area contributed by atoms with Crippen molar-refractivity contribution >= 4 is 15.9 Å². The van der Waals surface area contributed by atoms with Crippen molar-refractivity contribution in [1.82, 2.24) is 9.62 Å². The van der Waals surface area contributed by atoms with E-state index >= 15 is 0 Å². The van der Waals surface area contributed by atoms with E-state index in [1.807, 2.05) is 30.3 Å². The molecule has 0 aliphatic carbocycles. The fraction of sp³-hybridized carbons (Fsp3) is 0.353. The Bertz CT molecular complexity index is 843. The van der Waals surface area contributed by atoms with Gasteiger partial charge in [0.05, 0.1) is 6.04 Å². The fourth-order valence-corrected chi connectivity index (χ4v) is 4.88. The predicted octanol–water partition coefficient (Wildman–Crippen LogP) is 2.15. The van der Waals surface area contributed by atoms with Crippen molar-refractivity contribution in [2.24, 2.45) is 0 Å². The fourth-order valence-electron chi connectivity index (χ4n) is 3.05. The standard InChI is InChI=1S/C17H20N2O4S/c1-12-10-16(13(2)23-12)24(21,22)19-9-8-18-17(20)11-15(19)14-6-4-3-5-7-14/h3-7,10,15H,8-9,11H2,1-2H3,(H,18,20)/t15-/m1/s1. The molecule has 6 nitrogen and oxygen atoms in total. The summed E-state index contributed by atoms with van der Waals surface area (Å²) in [4.78, 5) is 12.2. The third-order valence-electron chi connectivity index (χ3n) is 4.15. The van der Waals surface area contributed by atoms with Crippen LogP contribution in [0.4, 0.5) is 0 Å². The lowest BCUT2D eigenvalue weighted by Crippen LogP contribution is -2.36. The maximum absolute atomic E-state index is 13.2. The minimum absolute atomic E-state index is 0.0964. The van der Waals surface area contributed by atoms with Crippen LogP contribution in [-0.4, -0.2) is 31.7 Å². The van der Waals surface area contributed by atoms with Gasteiger partial charge in [0, 0.05) is 19.5 Å². The molecule has 1 aromatic carbocycles. The first kappa shape index (κ1) is 16.7. The molecule has 3 rings (SSSR count). The van der Waals surface area contributed by atoms with Gasteiger partial charge in [0.1, 0.15) is 16.4 Å².